The molecule has 0 fully saturated rings. The summed E-state index contributed by atoms with van der Waals surface area (Å²) in [5.74, 6) is 0.325. The maximum absolute atomic E-state index is 10.8. The average molecular weight is 331 g/mol. The number of halogens is 1. The van der Waals surface area contributed by atoms with Gasteiger partial charge in [0.25, 0.3) is 5.69 Å². The van der Waals surface area contributed by atoms with Crippen molar-refractivity contribution in [1.82, 2.24) is 5.32 Å². The van der Waals surface area contributed by atoms with Crippen LogP contribution in [0.3, 0.4) is 0 Å². The lowest BCUT2D eigenvalue weighted by molar-refractivity contribution is -0.385. The van der Waals surface area contributed by atoms with Gasteiger partial charge >= 0.3 is 0 Å². The molecule has 106 valence electrons. The Morgan fingerprint density at radius 3 is 2.89 bits per heavy atom. The molecule has 1 aromatic carbocycles. The standard InChI is InChI=1S/C13H19BrN2O3/c1-10(9-17)4-3-7-15-8-11-5-2-6-12(13(11)14)16(18)19/h2,5-6,10,15,17H,3-4,7-9H2,1H3. The fourth-order valence-electron chi connectivity index (χ4n) is 1.73. The fourth-order valence-corrected chi connectivity index (χ4v) is 2.28. The van der Waals surface area contributed by atoms with E-state index in [4.69, 9.17) is 5.11 Å². The number of benzene rings is 1. The summed E-state index contributed by atoms with van der Waals surface area (Å²) in [6.07, 6.45) is 1.95. The van der Waals surface area contributed by atoms with Gasteiger partial charge in [0.15, 0.2) is 0 Å². The lowest BCUT2D eigenvalue weighted by Gasteiger charge is -2.09. The minimum atomic E-state index is -0.392. The molecule has 0 aromatic heterocycles. The van der Waals surface area contributed by atoms with Crippen LogP contribution in [0.1, 0.15) is 25.3 Å². The summed E-state index contributed by atoms with van der Waals surface area (Å²) < 4.78 is 0.538. The monoisotopic (exact) mass is 330 g/mol. The number of rotatable bonds is 8. The van der Waals surface area contributed by atoms with Gasteiger partial charge in [-0.15, -0.1) is 0 Å². The minimum absolute atomic E-state index is 0.0909. The van der Waals surface area contributed by atoms with E-state index in [0.29, 0.717) is 16.9 Å². The van der Waals surface area contributed by atoms with Crippen LogP contribution in [0.4, 0.5) is 5.69 Å². The van der Waals surface area contributed by atoms with Gasteiger partial charge in [0.2, 0.25) is 0 Å². The highest BCUT2D eigenvalue weighted by Gasteiger charge is 2.14. The number of aliphatic hydroxyl groups is 1. The third-order valence-corrected chi connectivity index (χ3v) is 3.85. The molecule has 2 N–H and O–H groups in total. The number of nitro groups is 1. The van der Waals surface area contributed by atoms with E-state index in [1.54, 1.807) is 6.07 Å². The van der Waals surface area contributed by atoms with Crippen LogP contribution in [-0.4, -0.2) is 23.2 Å². The van der Waals surface area contributed by atoms with E-state index in [9.17, 15) is 10.1 Å². The quantitative estimate of drug-likeness (QED) is 0.436. The Balaban J connectivity index is 2.42. The Hall–Kier alpha value is -0.980. The van der Waals surface area contributed by atoms with E-state index >= 15 is 0 Å². The van der Waals surface area contributed by atoms with Crippen molar-refractivity contribution < 1.29 is 10.0 Å². The van der Waals surface area contributed by atoms with E-state index < -0.39 is 4.92 Å². The zero-order chi connectivity index (χ0) is 14.3. The summed E-state index contributed by atoms with van der Waals surface area (Å²) >= 11 is 3.27. The molecule has 1 rings (SSSR count). The predicted molar refractivity (Wildman–Crippen MR) is 78.0 cm³/mol. The number of nitro benzene ring substituents is 1. The van der Waals surface area contributed by atoms with Crippen LogP contribution in [-0.2, 0) is 6.54 Å². The molecule has 1 atom stereocenters. The molecule has 1 unspecified atom stereocenters. The number of nitrogens with one attached hydrogen (secondary N) is 1. The predicted octanol–water partition coefficient (Wildman–Crippen LogP) is 2.86. The van der Waals surface area contributed by atoms with Crippen LogP contribution in [0, 0.1) is 16.0 Å². The normalized spacial score (nSPS) is 12.4. The SMILES string of the molecule is CC(CO)CCCNCc1cccc([N+](=O)[O-])c1Br. The van der Waals surface area contributed by atoms with E-state index in [1.807, 2.05) is 13.0 Å². The highest BCUT2D eigenvalue weighted by atomic mass is 79.9. The smallest absolute Gasteiger partial charge is 0.283 e. The minimum Gasteiger partial charge on any atom is -0.396 e. The summed E-state index contributed by atoms with van der Waals surface area (Å²) in [6.45, 7) is 3.66. The van der Waals surface area contributed by atoms with Crippen LogP contribution in [0.5, 0.6) is 0 Å². The van der Waals surface area contributed by atoms with Crippen LogP contribution in [0.2, 0.25) is 0 Å². The summed E-state index contributed by atoms with van der Waals surface area (Å²) in [7, 11) is 0. The zero-order valence-corrected chi connectivity index (χ0v) is 12.5. The second kappa shape index (κ2) is 8.24. The van der Waals surface area contributed by atoms with Gasteiger partial charge in [-0.05, 0) is 46.8 Å². The van der Waals surface area contributed by atoms with Crippen molar-refractivity contribution in [2.75, 3.05) is 13.2 Å². The van der Waals surface area contributed by atoms with Crippen molar-refractivity contribution in [2.24, 2.45) is 5.92 Å². The topological polar surface area (TPSA) is 75.4 Å². The number of nitrogens with zero attached hydrogens (tertiary/aromatic N) is 1. The molecule has 0 aliphatic heterocycles. The van der Waals surface area contributed by atoms with Crippen molar-refractivity contribution in [1.29, 1.82) is 0 Å². The number of aliphatic hydroxyl groups excluding tert-OH is 1. The summed E-state index contributed by atoms with van der Waals surface area (Å²) in [6, 6.07) is 5.03. The van der Waals surface area contributed by atoms with E-state index in [2.05, 4.69) is 21.2 Å². The second-order valence-electron chi connectivity index (χ2n) is 4.61. The Kier molecular flexibility index (Phi) is 6.97. The van der Waals surface area contributed by atoms with Crippen LogP contribution in [0.15, 0.2) is 22.7 Å². The van der Waals surface area contributed by atoms with Crippen molar-refractivity contribution in [2.45, 2.75) is 26.3 Å². The molecule has 0 aliphatic rings. The molecule has 5 nitrogen and oxygen atoms in total. The van der Waals surface area contributed by atoms with Gasteiger partial charge < -0.3 is 10.4 Å². The first kappa shape index (κ1) is 16.1. The molecule has 0 aliphatic carbocycles. The molecule has 1 aromatic rings. The largest absolute Gasteiger partial charge is 0.396 e. The fraction of sp³-hybridized carbons (Fsp3) is 0.538. The molecule has 0 saturated heterocycles. The van der Waals surface area contributed by atoms with Gasteiger partial charge in [0.05, 0.1) is 9.40 Å². The molecule has 0 radical (unpaired) electrons. The first-order valence-corrected chi connectivity index (χ1v) is 7.09. The highest BCUT2D eigenvalue weighted by molar-refractivity contribution is 9.10. The van der Waals surface area contributed by atoms with Crippen LogP contribution < -0.4 is 5.32 Å². The van der Waals surface area contributed by atoms with E-state index in [-0.39, 0.29) is 12.3 Å². The van der Waals surface area contributed by atoms with Crippen molar-refractivity contribution in [3.8, 4) is 0 Å². The van der Waals surface area contributed by atoms with Gasteiger partial charge in [-0.25, -0.2) is 0 Å². The third kappa shape index (κ3) is 5.26. The van der Waals surface area contributed by atoms with Crippen LogP contribution in [0.25, 0.3) is 0 Å². The molecule has 0 heterocycles. The maximum Gasteiger partial charge on any atom is 0.283 e. The lowest BCUT2D eigenvalue weighted by Crippen LogP contribution is -2.16. The molecule has 0 bridgehead atoms. The van der Waals surface area contributed by atoms with Gasteiger partial charge in [-0.2, -0.15) is 0 Å². The Morgan fingerprint density at radius 1 is 1.53 bits per heavy atom. The van der Waals surface area contributed by atoms with E-state index in [1.165, 1.54) is 6.07 Å². The Labute approximate surface area is 121 Å². The Bertz CT molecular complexity index is 426. The summed E-state index contributed by atoms with van der Waals surface area (Å²) in [5.41, 5.74) is 0.970. The summed E-state index contributed by atoms with van der Waals surface area (Å²) in [4.78, 5) is 10.4. The number of hydrogen-bond acceptors (Lipinski definition) is 4. The van der Waals surface area contributed by atoms with Crippen molar-refractivity contribution >= 4 is 21.6 Å². The van der Waals surface area contributed by atoms with Crippen molar-refractivity contribution in [3.63, 3.8) is 0 Å². The molecular weight excluding hydrogens is 312 g/mol. The third-order valence-electron chi connectivity index (χ3n) is 2.93. The van der Waals surface area contributed by atoms with Gasteiger partial charge in [0.1, 0.15) is 0 Å². The average Bonchev–Trinajstić information content (AvgIpc) is 2.39. The molecular formula is C13H19BrN2O3. The highest BCUT2D eigenvalue weighted by Crippen LogP contribution is 2.28. The Morgan fingerprint density at radius 2 is 2.26 bits per heavy atom. The molecule has 0 spiro atoms. The first-order valence-electron chi connectivity index (χ1n) is 6.29. The van der Waals surface area contributed by atoms with Crippen molar-refractivity contribution in [3.05, 3.63) is 38.3 Å². The van der Waals surface area contributed by atoms with Gasteiger partial charge in [-0.1, -0.05) is 19.1 Å². The van der Waals surface area contributed by atoms with Gasteiger partial charge in [0, 0.05) is 19.2 Å². The van der Waals surface area contributed by atoms with Crippen LogP contribution >= 0.6 is 15.9 Å². The molecule has 0 saturated carbocycles. The molecule has 6 heteroatoms. The van der Waals surface area contributed by atoms with Gasteiger partial charge in [-0.3, -0.25) is 10.1 Å². The first-order chi connectivity index (χ1) is 9.06. The summed E-state index contributed by atoms with van der Waals surface area (Å²) in [5, 5.41) is 22.9. The molecule has 19 heavy (non-hydrogen) atoms. The maximum atomic E-state index is 10.8. The lowest BCUT2D eigenvalue weighted by atomic mass is 10.1. The second-order valence-corrected chi connectivity index (χ2v) is 5.41. The zero-order valence-electron chi connectivity index (χ0n) is 10.9. The van der Waals surface area contributed by atoms with E-state index in [0.717, 1.165) is 24.9 Å². The number of hydrogen-bond donors (Lipinski definition) is 2. The molecule has 0 amide bonds.